The number of halogens is 3. The third-order valence-electron chi connectivity index (χ3n) is 5.94. The normalized spacial score (nSPS) is 13.7. The molecule has 35 heavy (non-hydrogen) atoms. The van der Waals surface area contributed by atoms with Crippen LogP contribution in [0.25, 0.3) is 22.3 Å². The number of rotatable bonds is 5. The maximum absolute atomic E-state index is 13.6. The number of hydrogen-bond donors (Lipinski definition) is 1. The molecule has 4 aromatic rings. The van der Waals surface area contributed by atoms with Gasteiger partial charge in [0.25, 0.3) is 0 Å². The molecule has 0 atom stereocenters. The van der Waals surface area contributed by atoms with Gasteiger partial charge in [0.05, 0.1) is 16.8 Å². The predicted molar refractivity (Wildman–Crippen MR) is 128 cm³/mol. The lowest BCUT2D eigenvalue weighted by Crippen LogP contribution is -2.24. The SMILES string of the molecule is COCc1nc(Nc2ccc3c(c2)N(C)CCC3)c2ncc(-c3ncccc3C(F)(F)F)cc2n1. The Morgan fingerprint density at radius 3 is 2.77 bits per heavy atom. The van der Waals surface area contributed by atoms with E-state index < -0.39 is 11.7 Å². The summed E-state index contributed by atoms with van der Waals surface area (Å²) >= 11 is 0. The van der Waals surface area contributed by atoms with E-state index in [0.29, 0.717) is 22.7 Å². The fraction of sp³-hybridized carbons (Fsp3) is 0.280. The Kier molecular flexibility index (Phi) is 5.98. The molecule has 0 aliphatic carbocycles. The highest BCUT2D eigenvalue weighted by Gasteiger charge is 2.34. The minimum atomic E-state index is -4.54. The smallest absolute Gasteiger partial charge is 0.377 e. The number of hydrogen-bond acceptors (Lipinski definition) is 7. The van der Waals surface area contributed by atoms with Crippen LogP contribution in [0.4, 0.5) is 30.4 Å². The lowest BCUT2D eigenvalue weighted by Gasteiger charge is -2.28. The Balaban J connectivity index is 1.59. The highest BCUT2D eigenvalue weighted by atomic mass is 19.4. The van der Waals surface area contributed by atoms with Gasteiger partial charge in [-0.1, -0.05) is 6.07 Å². The molecular weight excluding hydrogens is 457 g/mol. The molecule has 1 aromatic carbocycles. The van der Waals surface area contributed by atoms with Crippen LogP contribution in [0, 0.1) is 0 Å². The van der Waals surface area contributed by atoms with Gasteiger partial charge in [-0.15, -0.1) is 0 Å². The fourth-order valence-corrected chi connectivity index (χ4v) is 4.31. The zero-order valence-corrected chi connectivity index (χ0v) is 19.2. The van der Waals surface area contributed by atoms with E-state index in [1.54, 1.807) is 6.07 Å². The second-order valence-electron chi connectivity index (χ2n) is 8.40. The summed E-state index contributed by atoms with van der Waals surface area (Å²) in [5.74, 6) is 0.831. The molecule has 0 amide bonds. The van der Waals surface area contributed by atoms with Gasteiger partial charge in [-0.3, -0.25) is 4.98 Å². The van der Waals surface area contributed by atoms with Gasteiger partial charge in [0.15, 0.2) is 11.6 Å². The molecular formula is C25H23F3N6O. The van der Waals surface area contributed by atoms with Gasteiger partial charge in [-0.05, 0) is 48.7 Å². The topological polar surface area (TPSA) is 76.1 Å². The van der Waals surface area contributed by atoms with E-state index in [2.05, 4.69) is 49.3 Å². The molecule has 0 saturated carbocycles. The molecule has 0 unspecified atom stereocenters. The van der Waals surface area contributed by atoms with Crippen LogP contribution in [0.1, 0.15) is 23.4 Å². The van der Waals surface area contributed by atoms with Crippen LogP contribution in [0.2, 0.25) is 0 Å². The Morgan fingerprint density at radius 1 is 1.11 bits per heavy atom. The number of nitrogens with one attached hydrogen (secondary N) is 1. The lowest BCUT2D eigenvalue weighted by atomic mass is 10.0. The van der Waals surface area contributed by atoms with Crippen LogP contribution in [0.5, 0.6) is 0 Å². The third-order valence-corrected chi connectivity index (χ3v) is 5.94. The average molecular weight is 480 g/mol. The summed E-state index contributed by atoms with van der Waals surface area (Å²) in [4.78, 5) is 19.7. The highest BCUT2D eigenvalue weighted by Crippen LogP contribution is 2.37. The number of benzene rings is 1. The molecule has 0 bridgehead atoms. The Labute approximate surface area is 200 Å². The minimum Gasteiger partial charge on any atom is -0.377 e. The first-order chi connectivity index (χ1) is 16.8. The van der Waals surface area contributed by atoms with Gasteiger partial charge in [-0.25, -0.2) is 15.0 Å². The standard InChI is InChI=1S/C25H23F3N6O/c1-34-10-4-5-15-7-8-17(12-20(15)34)31-24-23-19(32-21(33-24)14-35-2)11-16(13-30-23)22-18(25(26,27)28)6-3-9-29-22/h3,6-9,11-13H,4-5,10,14H2,1-2H3,(H,31,32,33). The number of ether oxygens (including phenoxy) is 1. The van der Waals surface area contributed by atoms with Crippen molar-refractivity contribution in [1.29, 1.82) is 0 Å². The molecule has 5 rings (SSSR count). The van der Waals surface area contributed by atoms with Crippen molar-refractivity contribution in [2.45, 2.75) is 25.6 Å². The van der Waals surface area contributed by atoms with Crippen molar-refractivity contribution in [3.05, 3.63) is 65.7 Å². The molecule has 0 saturated heterocycles. The molecule has 0 spiro atoms. The van der Waals surface area contributed by atoms with Crippen LogP contribution in [-0.2, 0) is 23.9 Å². The van der Waals surface area contributed by atoms with Gasteiger partial charge in [0, 0.05) is 50.0 Å². The number of fused-ring (bicyclic) bond motifs is 2. The van der Waals surface area contributed by atoms with Gasteiger partial charge in [-0.2, -0.15) is 13.2 Å². The van der Waals surface area contributed by atoms with Crippen LogP contribution < -0.4 is 10.2 Å². The second-order valence-corrected chi connectivity index (χ2v) is 8.40. The van der Waals surface area contributed by atoms with Gasteiger partial charge < -0.3 is 15.0 Å². The molecule has 0 radical (unpaired) electrons. The van der Waals surface area contributed by atoms with E-state index in [-0.39, 0.29) is 17.9 Å². The minimum absolute atomic E-state index is 0.138. The van der Waals surface area contributed by atoms with E-state index >= 15 is 0 Å². The van der Waals surface area contributed by atoms with E-state index in [1.165, 1.54) is 31.1 Å². The largest absolute Gasteiger partial charge is 0.418 e. The lowest BCUT2D eigenvalue weighted by molar-refractivity contribution is -0.137. The summed E-state index contributed by atoms with van der Waals surface area (Å²) in [6.45, 7) is 1.13. The number of methoxy groups -OCH3 is 1. The summed E-state index contributed by atoms with van der Waals surface area (Å²) in [5.41, 5.74) is 3.28. The van der Waals surface area contributed by atoms with E-state index in [0.717, 1.165) is 36.8 Å². The summed E-state index contributed by atoms with van der Waals surface area (Å²) < 4.78 is 45.9. The van der Waals surface area contributed by atoms with Crippen molar-refractivity contribution < 1.29 is 17.9 Å². The van der Waals surface area contributed by atoms with Crippen LogP contribution in [0.3, 0.4) is 0 Å². The Hall–Kier alpha value is -3.79. The van der Waals surface area contributed by atoms with Crippen molar-refractivity contribution in [1.82, 2.24) is 19.9 Å². The van der Waals surface area contributed by atoms with Crippen molar-refractivity contribution in [2.75, 3.05) is 30.9 Å². The second kappa shape index (κ2) is 9.10. The maximum Gasteiger partial charge on any atom is 0.418 e. The number of alkyl halides is 3. The molecule has 3 aromatic heterocycles. The predicted octanol–water partition coefficient (Wildman–Crippen LogP) is 5.38. The van der Waals surface area contributed by atoms with Crippen molar-refractivity contribution >= 4 is 28.2 Å². The number of nitrogens with zero attached hydrogens (tertiary/aromatic N) is 5. The van der Waals surface area contributed by atoms with Crippen LogP contribution in [0.15, 0.2) is 48.8 Å². The highest BCUT2D eigenvalue weighted by molar-refractivity contribution is 5.90. The number of aromatic nitrogens is 4. The quantitative estimate of drug-likeness (QED) is 0.411. The molecule has 1 aliphatic heterocycles. The third kappa shape index (κ3) is 4.61. The van der Waals surface area contributed by atoms with Crippen molar-refractivity contribution in [2.24, 2.45) is 0 Å². The first-order valence-corrected chi connectivity index (χ1v) is 11.1. The van der Waals surface area contributed by atoms with Gasteiger partial charge in [0.1, 0.15) is 12.1 Å². The number of aryl methyl sites for hydroxylation is 1. The van der Waals surface area contributed by atoms with E-state index in [9.17, 15) is 13.2 Å². The van der Waals surface area contributed by atoms with E-state index in [1.807, 2.05) is 6.07 Å². The molecule has 10 heteroatoms. The zero-order chi connectivity index (χ0) is 24.6. The molecule has 4 heterocycles. The van der Waals surface area contributed by atoms with Gasteiger partial charge >= 0.3 is 6.18 Å². The van der Waals surface area contributed by atoms with Gasteiger partial charge in [0.2, 0.25) is 0 Å². The van der Waals surface area contributed by atoms with Crippen LogP contribution in [-0.4, -0.2) is 40.6 Å². The monoisotopic (exact) mass is 480 g/mol. The molecule has 7 nitrogen and oxygen atoms in total. The number of anilines is 3. The van der Waals surface area contributed by atoms with Crippen molar-refractivity contribution in [3.63, 3.8) is 0 Å². The summed E-state index contributed by atoms with van der Waals surface area (Å²) in [6.07, 6.45) is 0.298. The zero-order valence-electron chi connectivity index (χ0n) is 19.2. The summed E-state index contributed by atoms with van der Waals surface area (Å²) in [5, 5.41) is 3.32. The first kappa shape index (κ1) is 23.0. The summed E-state index contributed by atoms with van der Waals surface area (Å²) in [6, 6.07) is 9.96. The van der Waals surface area contributed by atoms with E-state index in [4.69, 9.17) is 4.74 Å². The Morgan fingerprint density at radius 2 is 1.97 bits per heavy atom. The first-order valence-electron chi connectivity index (χ1n) is 11.1. The Bertz CT molecular complexity index is 1390. The molecule has 1 N–H and O–H groups in total. The number of pyridine rings is 2. The van der Waals surface area contributed by atoms with Crippen LogP contribution >= 0.6 is 0 Å². The molecule has 1 aliphatic rings. The molecule has 180 valence electrons. The maximum atomic E-state index is 13.6. The fourth-order valence-electron chi connectivity index (χ4n) is 4.31. The van der Waals surface area contributed by atoms with Crippen molar-refractivity contribution in [3.8, 4) is 11.3 Å². The average Bonchev–Trinajstić information content (AvgIpc) is 2.84. The summed E-state index contributed by atoms with van der Waals surface area (Å²) in [7, 11) is 3.59. The molecule has 0 fully saturated rings.